The van der Waals surface area contributed by atoms with Gasteiger partial charge >= 0.3 is 12.2 Å². The van der Waals surface area contributed by atoms with E-state index < -0.39 is 29.6 Å². The molecular weight excluding hydrogens is 384 g/mol. The van der Waals surface area contributed by atoms with Crippen LogP contribution in [0.5, 0.6) is 0 Å². The summed E-state index contributed by atoms with van der Waals surface area (Å²) in [6, 6.07) is -0.908. The first kappa shape index (κ1) is 22.6. The topological polar surface area (TPSA) is 133 Å². The van der Waals surface area contributed by atoms with Crippen molar-refractivity contribution in [3.05, 3.63) is 11.8 Å². The smallest absolute Gasteiger partial charge is 0.410 e. The van der Waals surface area contributed by atoms with Crippen LogP contribution in [-0.4, -0.2) is 71.0 Å². The van der Waals surface area contributed by atoms with Gasteiger partial charge in [-0.1, -0.05) is 13.8 Å². The van der Waals surface area contributed by atoms with E-state index in [9.17, 15) is 14.4 Å². The van der Waals surface area contributed by atoms with E-state index in [1.165, 1.54) is 4.90 Å². The summed E-state index contributed by atoms with van der Waals surface area (Å²) in [5, 5.41) is 9.97. The lowest BCUT2D eigenvalue weighted by Gasteiger charge is -2.25. The summed E-state index contributed by atoms with van der Waals surface area (Å²) in [6.45, 7) is 10.2. The van der Waals surface area contributed by atoms with Crippen LogP contribution in [0.1, 0.15) is 51.2 Å². The van der Waals surface area contributed by atoms with Gasteiger partial charge in [-0.15, -0.1) is 10.2 Å². The Hall–Kier alpha value is -2.69. The highest BCUT2D eigenvalue weighted by molar-refractivity contribution is 5.98. The number of ketones is 1. The number of amides is 2. The number of Topliss-reactive ketones (excluding diaryl/α,β-unsaturated/α-hetero) is 1. The second-order valence-corrected chi connectivity index (χ2v) is 7.89. The number of hydrogen-bond acceptors (Lipinski definition) is 9. The van der Waals surface area contributed by atoms with Gasteiger partial charge in [-0.3, -0.25) is 4.79 Å². The van der Waals surface area contributed by atoms with Crippen LogP contribution in [0, 0.1) is 5.92 Å². The minimum atomic E-state index is -0.908. The summed E-state index contributed by atoms with van der Waals surface area (Å²) < 4.78 is 20.8. The first-order valence-corrected chi connectivity index (χ1v) is 9.42. The fraction of sp³-hybridized carbons (Fsp3) is 0.722. The molecule has 11 nitrogen and oxygen atoms in total. The quantitative estimate of drug-likeness (QED) is 0.694. The largest absolute Gasteiger partial charge is 0.444 e. The highest BCUT2D eigenvalue weighted by atomic mass is 16.6. The summed E-state index contributed by atoms with van der Waals surface area (Å²) in [5.41, 5.74) is -0.698. The van der Waals surface area contributed by atoms with E-state index in [2.05, 4.69) is 15.5 Å². The van der Waals surface area contributed by atoms with Gasteiger partial charge in [0.15, 0.2) is 6.61 Å². The summed E-state index contributed by atoms with van der Waals surface area (Å²) >= 11 is 0. The molecule has 1 aliphatic rings. The van der Waals surface area contributed by atoms with Crippen LogP contribution in [0.2, 0.25) is 0 Å². The predicted octanol–water partition coefficient (Wildman–Crippen LogP) is 1.77. The molecule has 2 amide bonds. The molecule has 0 spiro atoms. The number of aromatic nitrogens is 2. The molecule has 2 heterocycles. The molecule has 162 valence electrons. The number of nitrogens with one attached hydrogen (secondary N) is 1. The number of morpholine rings is 1. The zero-order valence-corrected chi connectivity index (χ0v) is 17.4. The van der Waals surface area contributed by atoms with E-state index in [-0.39, 0.29) is 24.3 Å². The molecule has 1 N–H and O–H groups in total. The van der Waals surface area contributed by atoms with Crippen LogP contribution in [-0.2, 0) is 20.8 Å². The third-order valence-electron chi connectivity index (χ3n) is 3.89. The molecule has 0 radical (unpaired) electrons. The maximum atomic E-state index is 12.7. The molecule has 0 aliphatic carbocycles. The number of rotatable bonds is 6. The number of carbonyl (C=O) groups is 3. The maximum absolute atomic E-state index is 12.7. The fourth-order valence-electron chi connectivity index (χ4n) is 2.47. The van der Waals surface area contributed by atoms with Gasteiger partial charge in [0.1, 0.15) is 11.6 Å². The fourth-order valence-corrected chi connectivity index (χ4v) is 2.47. The maximum Gasteiger partial charge on any atom is 0.410 e. The van der Waals surface area contributed by atoms with Gasteiger partial charge in [-0.05, 0) is 26.7 Å². The first-order chi connectivity index (χ1) is 13.6. The minimum Gasteiger partial charge on any atom is -0.444 e. The zero-order chi connectivity index (χ0) is 21.6. The Morgan fingerprint density at radius 1 is 1.17 bits per heavy atom. The molecule has 1 saturated heterocycles. The van der Waals surface area contributed by atoms with Gasteiger partial charge in [0.2, 0.25) is 5.78 Å². The van der Waals surface area contributed by atoms with E-state index in [1.54, 1.807) is 34.6 Å². The van der Waals surface area contributed by atoms with Crippen molar-refractivity contribution in [3.63, 3.8) is 0 Å². The molecule has 1 aromatic heterocycles. The number of carbonyl (C=O) groups excluding carboxylic acids is 3. The van der Waals surface area contributed by atoms with Crippen molar-refractivity contribution >= 4 is 18.0 Å². The zero-order valence-electron chi connectivity index (χ0n) is 17.4. The van der Waals surface area contributed by atoms with Gasteiger partial charge in [0.25, 0.3) is 11.8 Å². The van der Waals surface area contributed by atoms with E-state index >= 15 is 0 Å². The second-order valence-electron chi connectivity index (χ2n) is 7.89. The first-order valence-electron chi connectivity index (χ1n) is 9.42. The van der Waals surface area contributed by atoms with E-state index in [1.807, 2.05) is 0 Å². The normalized spacial score (nSPS) is 15.7. The molecule has 0 aromatic carbocycles. The molecule has 11 heteroatoms. The Morgan fingerprint density at radius 2 is 1.83 bits per heavy atom. The molecule has 1 atom stereocenters. The molecule has 0 saturated carbocycles. The molecule has 1 unspecified atom stereocenters. The van der Waals surface area contributed by atoms with Crippen LogP contribution in [0.25, 0.3) is 0 Å². The monoisotopic (exact) mass is 412 g/mol. The Balaban J connectivity index is 1.94. The highest BCUT2D eigenvalue weighted by Gasteiger charge is 2.31. The average molecular weight is 412 g/mol. The molecular formula is C18H28N4O7. The van der Waals surface area contributed by atoms with Gasteiger partial charge in [-0.25, -0.2) is 9.59 Å². The molecule has 1 aliphatic heterocycles. The third-order valence-corrected chi connectivity index (χ3v) is 3.89. The van der Waals surface area contributed by atoms with Crippen LogP contribution >= 0.6 is 0 Å². The van der Waals surface area contributed by atoms with Crippen LogP contribution in [0.4, 0.5) is 9.59 Å². The van der Waals surface area contributed by atoms with Crippen LogP contribution in [0.15, 0.2) is 4.42 Å². The summed E-state index contributed by atoms with van der Waals surface area (Å²) in [4.78, 5) is 38.2. The van der Waals surface area contributed by atoms with Crippen molar-refractivity contribution in [3.8, 4) is 0 Å². The standard InChI is InChI=1S/C18H28N4O7/c1-11(2)13(19-16(24)29-18(3,4)5)14(23)15-21-20-12(28-15)10-27-17(25)22-6-8-26-9-7-22/h11,13H,6-10H2,1-5H3,(H,19,24). The average Bonchev–Trinajstić information content (AvgIpc) is 3.11. The van der Waals surface area contributed by atoms with Gasteiger partial charge in [0.05, 0.1) is 13.2 Å². The summed E-state index contributed by atoms with van der Waals surface area (Å²) in [6.07, 6.45) is -1.24. The summed E-state index contributed by atoms with van der Waals surface area (Å²) in [7, 11) is 0. The molecule has 1 aromatic rings. The Kier molecular flexibility index (Phi) is 7.54. The molecule has 0 bridgehead atoms. The SMILES string of the molecule is CC(C)C(NC(=O)OC(C)(C)C)C(=O)c1nnc(COC(=O)N2CCOCC2)o1. The van der Waals surface area contributed by atoms with Crippen LogP contribution < -0.4 is 5.32 Å². The number of hydrogen-bond donors (Lipinski definition) is 1. The van der Waals surface area contributed by atoms with E-state index in [0.717, 1.165) is 0 Å². The number of ether oxygens (including phenoxy) is 3. The number of alkyl carbamates (subject to hydrolysis) is 1. The highest BCUT2D eigenvalue weighted by Crippen LogP contribution is 2.13. The minimum absolute atomic E-state index is 0.0188. The third kappa shape index (κ3) is 7.00. The van der Waals surface area contributed by atoms with Crippen molar-refractivity contribution in [1.29, 1.82) is 0 Å². The van der Waals surface area contributed by atoms with Crippen molar-refractivity contribution in [1.82, 2.24) is 20.4 Å². The lowest BCUT2D eigenvalue weighted by molar-refractivity contribution is 0.0226. The van der Waals surface area contributed by atoms with Crippen molar-refractivity contribution in [2.24, 2.45) is 5.92 Å². The van der Waals surface area contributed by atoms with Gasteiger partial charge in [0, 0.05) is 13.1 Å². The lowest BCUT2D eigenvalue weighted by atomic mass is 10.00. The van der Waals surface area contributed by atoms with Crippen LogP contribution in [0.3, 0.4) is 0 Å². The molecule has 2 rings (SSSR count). The summed E-state index contributed by atoms with van der Waals surface area (Å²) in [5.74, 6) is -1.10. The van der Waals surface area contributed by atoms with Crippen molar-refractivity contribution in [2.75, 3.05) is 26.3 Å². The van der Waals surface area contributed by atoms with Crippen molar-refractivity contribution in [2.45, 2.75) is 52.9 Å². The van der Waals surface area contributed by atoms with Gasteiger partial charge < -0.3 is 28.8 Å². The molecule has 29 heavy (non-hydrogen) atoms. The van der Waals surface area contributed by atoms with Crippen molar-refractivity contribution < 1.29 is 33.0 Å². The Morgan fingerprint density at radius 3 is 2.41 bits per heavy atom. The Bertz CT molecular complexity index is 720. The second kappa shape index (κ2) is 9.68. The number of nitrogens with zero attached hydrogens (tertiary/aromatic N) is 3. The van der Waals surface area contributed by atoms with E-state index in [0.29, 0.717) is 26.3 Å². The van der Waals surface area contributed by atoms with E-state index in [4.69, 9.17) is 18.6 Å². The predicted molar refractivity (Wildman–Crippen MR) is 99.2 cm³/mol. The Labute approximate surface area is 169 Å². The van der Waals surface area contributed by atoms with Gasteiger partial charge in [-0.2, -0.15) is 0 Å². The molecule has 1 fully saturated rings. The lowest BCUT2D eigenvalue weighted by Crippen LogP contribution is -2.46.